The number of hydrogen-bond acceptors (Lipinski definition) is 0. The van der Waals surface area contributed by atoms with Crippen LogP contribution in [0.4, 0.5) is 0 Å². The van der Waals surface area contributed by atoms with E-state index in [0.717, 1.165) is 6.42 Å². The predicted molar refractivity (Wildman–Crippen MR) is 37.8 cm³/mol. The molecule has 44 valence electrons. The summed E-state index contributed by atoms with van der Waals surface area (Å²) in [6.45, 7) is 4.08. The highest BCUT2D eigenvalue weighted by molar-refractivity contribution is 5.00. The Kier molecular flexibility index (Phi) is 5.68. The van der Waals surface area contributed by atoms with Crippen LogP contribution < -0.4 is 0 Å². The van der Waals surface area contributed by atoms with Gasteiger partial charge in [-0.25, -0.2) is 0 Å². The zero-order chi connectivity index (χ0) is 6.24. The minimum atomic E-state index is 1.06. The first kappa shape index (κ1) is 7.26. The highest BCUT2D eigenvalue weighted by atomic mass is 13.6. The minimum Gasteiger partial charge on any atom is -0.125 e. The molecule has 0 aliphatic carbocycles. The van der Waals surface area contributed by atoms with Crippen molar-refractivity contribution >= 4 is 0 Å². The Hall–Kier alpha value is -0.740. The molecule has 0 aromatic carbocycles. The van der Waals surface area contributed by atoms with E-state index in [9.17, 15) is 0 Å². The molecule has 0 bridgehead atoms. The third kappa shape index (κ3) is 5.26. The molecule has 0 unspecified atom stereocenters. The normalized spacial score (nSPS) is 8.75. The summed E-state index contributed by atoms with van der Waals surface area (Å²) in [4.78, 5) is 0. The highest BCUT2D eigenvalue weighted by Gasteiger charge is 1.55. The van der Waals surface area contributed by atoms with E-state index in [1.165, 1.54) is 0 Å². The summed E-state index contributed by atoms with van der Waals surface area (Å²) in [7, 11) is 0. The molecule has 0 atom stereocenters. The van der Waals surface area contributed by atoms with Gasteiger partial charge in [0.05, 0.1) is 0 Å². The second kappa shape index (κ2) is 6.26. The quantitative estimate of drug-likeness (QED) is 0.377. The Morgan fingerprint density at radius 1 is 1.50 bits per heavy atom. The molecule has 0 nitrogen and oxygen atoms in total. The number of allylic oxidation sites excluding steroid dienone is 3. The molecular weight excluding hydrogens is 96.1 g/mol. The van der Waals surface area contributed by atoms with E-state index in [-0.39, 0.29) is 0 Å². The topological polar surface area (TPSA) is 0 Å². The summed E-state index contributed by atoms with van der Waals surface area (Å²) in [5, 5.41) is 0. The maximum atomic E-state index is 3.00. The van der Waals surface area contributed by atoms with Gasteiger partial charge >= 0.3 is 0 Å². The fourth-order valence-electron chi connectivity index (χ4n) is 0.338. The molecule has 0 heteroatoms. The third-order valence-corrected chi connectivity index (χ3v) is 0.707. The molecule has 0 aromatic rings. The number of rotatable bonds is 2. The van der Waals surface area contributed by atoms with Gasteiger partial charge in [-0.2, -0.15) is 0 Å². The van der Waals surface area contributed by atoms with Gasteiger partial charge in [-0.1, -0.05) is 19.1 Å². The van der Waals surface area contributed by atoms with Gasteiger partial charge in [-0.15, -0.1) is 5.73 Å². The molecule has 0 aromatic heterocycles. The Labute approximate surface area is 51.2 Å². The van der Waals surface area contributed by atoms with Crippen molar-refractivity contribution in [1.82, 2.24) is 0 Å². The molecule has 0 saturated carbocycles. The van der Waals surface area contributed by atoms with Crippen LogP contribution in [0.3, 0.4) is 0 Å². The monoisotopic (exact) mass is 108 g/mol. The lowest BCUT2D eigenvalue weighted by molar-refractivity contribution is 1.23. The largest absolute Gasteiger partial charge is 0.125 e. The SMILES string of the molecule is C/C=C\C=C=CCC. The fraction of sp³-hybridized carbons (Fsp3) is 0.375. The summed E-state index contributed by atoms with van der Waals surface area (Å²) in [6, 6.07) is 0. The smallest absolute Gasteiger partial charge is 0.0206 e. The molecule has 8 heavy (non-hydrogen) atoms. The lowest BCUT2D eigenvalue weighted by atomic mass is 10.4. The summed E-state index contributed by atoms with van der Waals surface area (Å²) >= 11 is 0. The first-order valence-corrected chi connectivity index (χ1v) is 2.94. The van der Waals surface area contributed by atoms with Gasteiger partial charge in [0, 0.05) is 0 Å². The van der Waals surface area contributed by atoms with Crippen molar-refractivity contribution in [2.45, 2.75) is 20.3 Å². The van der Waals surface area contributed by atoms with Crippen LogP contribution >= 0.6 is 0 Å². The zero-order valence-electron chi connectivity index (χ0n) is 5.52. The van der Waals surface area contributed by atoms with Gasteiger partial charge in [-0.3, -0.25) is 0 Å². The van der Waals surface area contributed by atoms with E-state index >= 15 is 0 Å². The van der Waals surface area contributed by atoms with E-state index in [0.29, 0.717) is 0 Å². The maximum absolute atomic E-state index is 3.00. The molecule has 0 N–H and O–H groups in total. The Balaban J connectivity index is 3.47. The van der Waals surface area contributed by atoms with Crippen LogP contribution in [0.5, 0.6) is 0 Å². The second-order valence-corrected chi connectivity index (χ2v) is 1.47. The standard InChI is InChI=1S/C8H12/c1-3-5-7-8-6-4-2/h3,5-7H,4H2,1-2H3/b5-3-. The van der Waals surface area contributed by atoms with Gasteiger partial charge in [0.1, 0.15) is 0 Å². The fourth-order valence-corrected chi connectivity index (χ4v) is 0.338. The highest BCUT2D eigenvalue weighted by Crippen LogP contribution is 1.76. The minimum absolute atomic E-state index is 1.06. The summed E-state index contributed by atoms with van der Waals surface area (Å²) in [5.41, 5.74) is 3.00. The van der Waals surface area contributed by atoms with Crippen LogP contribution in [0.1, 0.15) is 20.3 Å². The lowest BCUT2D eigenvalue weighted by Crippen LogP contribution is -1.45. The molecule has 0 saturated heterocycles. The van der Waals surface area contributed by atoms with Crippen molar-refractivity contribution in [3.05, 3.63) is 30.0 Å². The van der Waals surface area contributed by atoms with Gasteiger partial charge in [0.2, 0.25) is 0 Å². The number of hydrogen-bond donors (Lipinski definition) is 0. The average Bonchev–Trinajstić information content (AvgIpc) is 1.81. The van der Waals surface area contributed by atoms with E-state index in [4.69, 9.17) is 0 Å². The first-order chi connectivity index (χ1) is 3.91. The molecule has 0 aliphatic heterocycles. The van der Waals surface area contributed by atoms with E-state index in [1.807, 2.05) is 31.2 Å². The Bertz CT molecular complexity index is 112. The van der Waals surface area contributed by atoms with E-state index < -0.39 is 0 Å². The van der Waals surface area contributed by atoms with Crippen LogP contribution in [-0.2, 0) is 0 Å². The van der Waals surface area contributed by atoms with Crippen LogP contribution in [0, 0.1) is 0 Å². The summed E-state index contributed by atoms with van der Waals surface area (Å²) < 4.78 is 0. The predicted octanol–water partition coefficient (Wildman–Crippen LogP) is 2.68. The molecule has 0 spiro atoms. The molecule has 0 heterocycles. The Morgan fingerprint density at radius 3 is 2.75 bits per heavy atom. The van der Waals surface area contributed by atoms with Crippen molar-refractivity contribution in [1.29, 1.82) is 0 Å². The second-order valence-electron chi connectivity index (χ2n) is 1.47. The van der Waals surface area contributed by atoms with Gasteiger partial charge in [0.15, 0.2) is 0 Å². The van der Waals surface area contributed by atoms with Crippen molar-refractivity contribution < 1.29 is 0 Å². The zero-order valence-corrected chi connectivity index (χ0v) is 5.52. The molecule has 0 radical (unpaired) electrons. The molecule has 0 rings (SSSR count). The van der Waals surface area contributed by atoms with Gasteiger partial charge < -0.3 is 0 Å². The summed E-state index contributed by atoms with van der Waals surface area (Å²) in [5.74, 6) is 0. The molecular formula is C8H12. The van der Waals surface area contributed by atoms with Crippen LogP contribution in [-0.4, -0.2) is 0 Å². The van der Waals surface area contributed by atoms with E-state index in [1.54, 1.807) is 0 Å². The van der Waals surface area contributed by atoms with E-state index in [2.05, 4.69) is 12.7 Å². The van der Waals surface area contributed by atoms with Gasteiger partial charge in [-0.05, 0) is 25.5 Å². The Morgan fingerprint density at radius 2 is 2.25 bits per heavy atom. The summed E-state index contributed by atoms with van der Waals surface area (Å²) in [6.07, 6.45) is 8.92. The molecule has 0 aliphatic rings. The van der Waals surface area contributed by atoms with Crippen LogP contribution in [0.15, 0.2) is 30.0 Å². The maximum Gasteiger partial charge on any atom is -0.0206 e. The molecule has 0 amide bonds. The van der Waals surface area contributed by atoms with Crippen molar-refractivity contribution in [2.75, 3.05) is 0 Å². The van der Waals surface area contributed by atoms with Crippen LogP contribution in [0.25, 0.3) is 0 Å². The van der Waals surface area contributed by atoms with Crippen molar-refractivity contribution in [2.24, 2.45) is 0 Å². The van der Waals surface area contributed by atoms with Crippen LogP contribution in [0.2, 0.25) is 0 Å². The first-order valence-electron chi connectivity index (χ1n) is 2.94. The average molecular weight is 108 g/mol. The third-order valence-electron chi connectivity index (χ3n) is 0.707. The van der Waals surface area contributed by atoms with Crippen molar-refractivity contribution in [3.63, 3.8) is 0 Å². The lowest BCUT2D eigenvalue weighted by Gasteiger charge is -1.66. The molecule has 0 fully saturated rings. The van der Waals surface area contributed by atoms with Gasteiger partial charge in [0.25, 0.3) is 0 Å². The van der Waals surface area contributed by atoms with Crippen molar-refractivity contribution in [3.8, 4) is 0 Å².